The molecule has 8 nitrogen and oxygen atoms in total. The van der Waals surface area contributed by atoms with E-state index in [1.54, 1.807) is 20.4 Å². The summed E-state index contributed by atoms with van der Waals surface area (Å²) in [7, 11) is 3.58. The van der Waals surface area contributed by atoms with Crippen molar-refractivity contribution in [2.24, 2.45) is 11.0 Å². The maximum atomic E-state index is 12.3. The molecule has 0 saturated carbocycles. The standard InChI is InChI=1S/C21H33N3O5S/c1-23(2)13-11-21-14-18(25)24(30(5,26)27)22-12-10-16(21)8-6-15-7-9-17(28-3)20(29-4)19(15)21/h7,9,12,16,18,25H,6,8,10-11,13-14H2,1-5H3/b22-12-/t16?,18?,21-/m1/s1. The van der Waals surface area contributed by atoms with Gasteiger partial charge in [0.1, 0.15) is 0 Å². The number of aliphatic hydroxyl groups is 1. The topological polar surface area (TPSA) is 91.7 Å². The van der Waals surface area contributed by atoms with E-state index in [1.807, 2.05) is 20.2 Å². The predicted molar refractivity (Wildman–Crippen MR) is 117 cm³/mol. The number of sulfonamides is 1. The summed E-state index contributed by atoms with van der Waals surface area (Å²) < 4.78 is 36.8. The summed E-state index contributed by atoms with van der Waals surface area (Å²) in [6.45, 7) is 0.791. The van der Waals surface area contributed by atoms with Crippen LogP contribution in [0.4, 0.5) is 0 Å². The number of hydrogen-bond donors (Lipinski definition) is 1. The first-order chi connectivity index (χ1) is 14.1. The molecule has 1 aliphatic heterocycles. The van der Waals surface area contributed by atoms with Gasteiger partial charge in [-0.2, -0.15) is 9.52 Å². The van der Waals surface area contributed by atoms with Gasteiger partial charge < -0.3 is 19.5 Å². The van der Waals surface area contributed by atoms with Gasteiger partial charge in [0.25, 0.3) is 0 Å². The summed E-state index contributed by atoms with van der Waals surface area (Å²) in [5.74, 6) is 1.52. The van der Waals surface area contributed by atoms with Crippen molar-refractivity contribution in [1.29, 1.82) is 0 Å². The lowest BCUT2D eigenvalue weighted by atomic mass is 9.58. The van der Waals surface area contributed by atoms with Gasteiger partial charge in [0.15, 0.2) is 17.7 Å². The summed E-state index contributed by atoms with van der Waals surface area (Å²) in [4.78, 5) is 2.11. The van der Waals surface area contributed by atoms with E-state index < -0.39 is 21.7 Å². The minimum Gasteiger partial charge on any atom is -0.493 e. The number of aryl methyl sites for hydroxylation is 1. The Balaban J connectivity index is 2.23. The maximum absolute atomic E-state index is 12.3. The smallest absolute Gasteiger partial charge is 0.249 e. The molecule has 9 heteroatoms. The molecule has 30 heavy (non-hydrogen) atoms. The molecule has 1 N–H and O–H groups in total. The van der Waals surface area contributed by atoms with Gasteiger partial charge in [0.2, 0.25) is 10.0 Å². The van der Waals surface area contributed by atoms with Crippen LogP contribution in [0.2, 0.25) is 0 Å². The minimum atomic E-state index is -3.70. The van der Waals surface area contributed by atoms with Crippen LogP contribution in [-0.2, 0) is 21.9 Å². The maximum Gasteiger partial charge on any atom is 0.249 e. The minimum absolute atomic E-state index is 0.200. The second-order valence-electron chi connectivity index (χ2n) is 8.53. The fourth-order valence-electron chi connectivity index (χ4n) is 5.04. The van der Waals surface area contributed by atoms with Gasteiger partial charge >= 0.3 is 0 Å². The molecule has 0 bridgehead atoms. The molecule has 1 heterocycles. The molecule has 0 saturated heterocycles. The van der Waals surface area contributed by atoms with Crippen LogP contribution in [0.25, 0.3) is 0 Å². The normalized spacial score (nSPS) is 27.6. The van der Waals surface area contributed by atoms with Crippen molar-refractivity contribution in [2.75, 3.05) is 41.1 Å². The highest BCUT2D eigenvalue weighted by atomic mass is 32.2. The third-order valence-corrected chi connectivity index (χ3v) is 7.42. The monoisotopic (exact) mass is 439 g/mol. The Morgan fingerprint density at radius 1 is 1.30 bits per heavy atom. The van der Waals surface area contributed by atoms with Crippen LogP contribution in [-0.4, -0.2) is 76.4 Å². The van der Waals surface area contributed by atoms with Crippen molar-refractivity contribution >= 4 is 16.2 Å². The van der Waals surface area contributed by atoms with Crippen molar-refractivity contribution in [3.63, 3.8) is 0 Å². The number of hydrogen-bond acceptors (Lipinski definition) is 7. The molecule has 0 radical (unpaired) electrons. The van der Waals surface area contributed by atoms with Gasteiger partial charge in [-0.1, -0.05) is 6.07 Å². The van der Waals surface area contributed by atoms with E-state index in [-0.39, 0.29) is 12.3 Å². The highest BCUT2D eigenvalue weighted by Crippen LogP contribution is 2.54. The van der Waals surface area contributed by atoms with Crippen LogP contribution >= 0.6 is 0 Å². The lowest BCUT2D eigenvalue weighted by Gasteiger charge is -2.49. The molecule has 1 aliphatic carbocycles. The van der Waals surface area contributed by atoms with Crippen molar-refractivity contribution in [3.8, 4) is 11.5 Å². The molecule has 3 atom stereocenters. The first kappa shape index (κ1) is 22.8. The number of aliphatic hydroxyl groups excluding tert-OH is 1. The van der Waals surface area contributed by atoms with Crippen LogP contribution in [0.1, 0.15) is 36.8 Å². The fraction of sp³-hybridized carbons (Fsp3) is 0.667. The number of methoxy groups -OCH3 is 2. The van der Waals surface area contributed by atoms with Gasteiger partial charge in [0, 0.05) is 23.6 Å². The van der Waals surface area contributed by atoms with Crippen LogP contribution in [0, 0.1) is 5.92 Å². The Kier molecular flexibility index (Phi) is 6.64. The van der Waals surface area contributed by atoms with E-state index in [2.05, 4.69) is 16.1 Å². The molecule has 2 unspecified atom stereocenters. The number of nitrogens with zero attached hydrogens (tertiary/aromatic N) is 3. The molecule has 168 valence electrons. The summed E-state index contributed by atoms with van der Waals surface area (Å²) in [6.07, 6.45) is 4.90. The second kappa shape index (κ2) is 8.72. The number of fused-ring (bicyclic) bond motifs is 3. The first-order valence-electron chi connectivity index (χ1n) is 10.2. The molecular formula is C21H33N3O5S. The second-order valence-corrected chi connectivity index (χ2v) is 10.4. The van der Waals surface area contributed by atoms with E-state index in [4.69, 9.17) is 9.47 Å². The van der Waals surface area contributed by atoms with Crippen molar-refractivity contribution in [2.45, 2.75) is 43.7 Å². The van der Waals surface area contributed by atoms with E-state index >= 15 is 0 Å². The van der Waals surface area contributed by atoms with Gasteiger partial charge in [-0.05, 0) is 63.9 Å². The van der Waals surface area contributed by atoms with E-state index in [1.165, 1.54) is 5.56 Å². The van der Waals surface area contributed by atoms with Gasteiger partial charge in [-0.3, -0.25) is 0 Å². The number of hydrazone groups is 1. The first-order valence-corrected chi connectivity index (χ1v) is 12.1. The molecule has 0 amide bonds. The summed E-state index contributed by atoms with van der Waals surface area (Å²) in [6, 6.07) is 3.99. The van der Waals surface area contributed by atoms with Crippen LogP contribution < -0.4 is 9.47 Å². The zero-order chi connectivity index (χ0) is 22.1. The molecule has 2 aliphatic rings. The number of rotatable bonds is 6. The quantitative estimate of drug-likeness (QED) is 0.727. The highest BCUT2D eigenvalue weighted by molar-refractivity contribution is 7.88. The Labute approximate surface area is 179 Å². The van der Waals surface area contributed by atoms with Gasteiger partial charge in [-0.25, -0.2) is 8.42 Å². The Hall–Kier alpha value is -1.84. The molecular weight excluding hydrogens is 406 g/mol. The average Bonchev–Trinajstić information content (AvgIpc) is 2.67. The summed E-state index contributed by atoms with van der Waals surface area (Å²) >= 11 is 0. The third-order valence-electron chi connectivity index (χ3n) is 6.41. The van der Waals surface area contributed by atoms with E-state index in [0.717, 1.165) is 42.0 Å². The fourth-order valence-corrected chi connectivity index (χ4v) is 5.80. The van der Waals surface area contributed by atoms with Crippen molar-refractivity contribution in [1.82, 2.24) is 9.31 Å². The molecule has 0 spiro atoms. The Morgan fingerprint density at radius 2 is 2.03 bits per heavy atom. The lowest BCUT2D eigenvalue weighted by molar-refractivity contribution is 0.00962. The third kappa shape index (κ3) is 4.15. The molecule has 0 aromatic heterocycles. The number of benzene rings is 1. The lowest BCUT2D eigenvalue weighted by Crippen LogP contribution is -2.49. The molecule has 1 aromatic carbocycles. The summed E-state index contributed by atoms with van der Waals surface area (Å²) in [5, 5.41) is 15.1. The predicted octanol–water partition coefficient (Wildman–Crippen LogP) is 1.82. The SMILES string of the molecule is COc1ccc2c(c1OC)[C@]1(CCN(C)C)CC(O)N(S(C)(=O)=O)/N=C\CC1CC2. The van der Waals surface area contributed by atoms with Crippen LogP contribution in [0.15, 0.2) is 17.2 Å². The van der Waals surface area contributed by atoms with E-state index in [0.29, 0.717) is 17.9 Å². The molecule has 1 aromatic rings. The number of ether oxygens (including phenoxy) is 2. The zero-order valence-electron chi connectivity index (χ0n) is 18.5. The van der Waals surface area contributed by atoms with Gasteiger partial charge in [-0.15, -0.1) is 0 Å². The van der Waals surface area contributed by atoms with Crippen molar-refractivity contribution < 1.29 is 23.0 Å². The molecule has 3 rings (SSSR count). The average molecular weight is 440 g/mol. The summed E-state index contributed by atoms with van der Waals surface area (Å²) in [5.41, 5.74) is 1.72. The van der Waals surface area contributed by atoms with Crippen LogP contribution in [0.5, 0.6) is 11.5 Å². The van der Waals surface area contributed by atoms with Gasteiger partial charge in [0.05, 0.1) is 20.5 Å². The van der Waals surface area contributed by atoms with Crippen molar-refractivity contribution in [3.05, 3.63) is 23.3 Å². The van der Waals surface area contributed by atoms with Crippen LogP contribution in [0.3, 0.4) is 0 Å². The Morgan fingerprint density at radius 3 is 2.63 bits per heavy atom. The molecule has 0 fully saturated rings. The largest absolute Gasteiger partial charge is 0.493 e. The highest BCUT2D eigenvalue weighted by Gasteiger charge is 2.49. The Bertz CT molecular complexity index is 902. The zero-order valence-corrected chi connectivity index (χ0v) is 19.3. The van der Waals surface area contributed by atoms with E-state index in [9.17, 15) is 13.5 Å².